The summed E-state index contributed by atoms with van der Waals surface area (Å²) in [5, 5.41) is 0. The predicted octanol–water partition coefficient (Wildman–Crippen LogP) is 3.74. The van der Waals surface area contributed by atoms with Gasteiger partial charge in [-0.2, -0.15) is 0 Å². The van der Waals surface area contributed by atoms with Crippen molar-refractivity contribution in [2.24, 2.45) is 0 Å². The Morgan fingerprint density at radius 3 is 2.46 bits per heavy atom. The van der Waals surface area contributed by atoms with Crippen LogP contribution in [0.4, 0.5) is 4.39 Å². The maximum atomic E-state index is 13.0. The number of carbonyl (C=O) groups excluding carboxylic acids is 1. The van der Waals surface area contributed by atoms with Crippen LogP contribution in [0.5, 0.6) is 11.5 Å². The first-order valence-corrected chi connectivity index (χ1v) is 7.71. The van der Waals surface area contributed by atoms with Gasteiger partial charge >= 0.3 is 0 Å². The number of benzene rings is 2. The van der Waals surface area contributed by atoms with Crippen LogP contribution in [0, 0.1) is 12.7 Å². The Labute approximate surface area is 141 Å². The third-order valence-corrected chi connectivity index (χ3v) is 4.00. The Bertz CT molecular complexity index is 700. The van der Waals surface area contributed by atoms with Crippen LogP contribution >= 0.6 is 0 Å². The lowest BCUT2D eigenvalue weighted by atomic mass is 10.1. The van der Waals surface area contributed by atoms with Gasteiger partial charge in [-0.05, 0) is 49.2 Å². The van der Waals surface area contributed by atoms with E-state index in [-0.39, 0.29) is 24.4 Å². The number of amides is 1. The van der Waals surface area contributed by atoms with E-state index < -0.39 is 0 Å². The Morgan fingerprint density at radius 1 is 1.17 bits per heavy atom. The SMILES string of the molecule is COc1cc(C)ccc1OCC(=O)N(C)C(C)c1ccc(F)cc1. The number of rotatable bonds is 6. The largest absolute Gasteiger partial charge is 0.493 e. The van der Waals surface area contributed by atoms with Crippen molar-refractivity contribution in [1.29, 1.82) is 0 Å². The number of likely N-dealkylation sites (N-methyl/N-ethyl adjacent to an activating group) is 1. The third kappa shape index (κ3) is 4.25. The minimum atomic E-state index is -0.297. The molecular formula is C19H22FNO3. The summed E-state index contributed by atoms with van der Waals surface area (Å²) in [6.45, 7) is 3.74. The minimum Gasteiger partial charge on any atom is -0.493 e. The van der Waals surface area contributed by atoms with Gasteiger partial charge in [-0.25, -0.2) is 4.39 Å². The van der Waals surface area contributed by atoms with Crippen molar-refractivity contribution in [3.05, 3.63) is 59.4 Å². The third-order valence-electron chi connectivity index (χ3n) is 4.00. The molecule has 2 aromatic carbocycles. The maximum Gasteiger partial charge on any atom is 0.260 e. The van der Waals surface area contributed by atoms with Crippen LogP contribution in [-0.4, -0.2) is 31.6 Å². The molecule has 1 atom stereocenters. The normalized spacial score (nSPS) is 11.7. The molecule has 1 amide bonds. The van der Waals surface area contributed by atoms with Crippen LogP contribution in [0.1, 0.15) is 24.1 Å². The summed E-state index contributed by atoms with van der Waals surface area (Å²) < 4.78 is 23.9. The molecule has 0 N–H and O–H groups in total. The smallest absolute Gasteiger partial charge is 0.260 e. The Morgan fingerprint density at radius 2 is 1.83 bits per heavy atom. The highest BCUT2D eigenvalue weighted by Crippen LogP contribution is 2.28. The van der Waals surface area contributed by atoms with Crippen molar-refractivity contribution in [2.75, 3.05) is 20.8 Å². The van der Waals surface area contributed by atoms with E-state index in [9.17, 15) is 9.18 Å². The topological polar surface area (TPSA) is 38.8 Å². The first kappa shape index (κ1) is 17.8. The van der Waals surface area contributed by atoms with Gasteiger partial charge in [0, 0.05) is 7.05 Å². The molecule has 0 aromatic heterocycles. The van der Waals surface area contributed by atoms with Crippen molar-refractivity contribution >= 4 is 5.91 Å². The van der Waals surface area contributed by atoms with Crippen LogP contribution in [0.2, 0.25) is 0 Å². The van der Waals surface area contributed by atoms with Gasteiger partial charge in [-0.1, -0.05) is 18.2 Å². The maximum absolute atomic E-state index is 13.0. The van der Waals surface area contributed by atoms with Crippen LogP contribution in [-0.2, 0) is 4.79 Å². The fourth-order valence-electron chi connectivity index (χ4n) is 2.32. The number of hydrogen-bond donors (Lipinski definition) is 0. The fourth-order valence-corrected chi connectivity index (χ4v) is 2.32. The summed E-state index contributed by atoms with van der Waals surface area (Å²) in [4.78, 5) is 13.9. The van der Waals surface area contributed by atoms with Gasteiger partial charge in [0.2, 0.25) is 0 Å². The van der Waals surface area contributed by atoms with Crippen molar-refractivity contribution in [3.8, 4) is 11.5 Å². The molecule has 2 aromatic rings. The molecule has 0 aliphatic heterocycles. The summed E-state index contributed by atoms with van der Waals surface area (Å²) in [5.74, 6) is 0.653. The average Bonchev–Trinajstić information content (AvgIpc) is 2.59. The molecule has 0 bridgehead atoms. The number of nitrogens with zero attached hydrogens (tertiary/aromatic N) is 1. The molecule has 0 aliphatic carbocycles. The number of methoxy groups -OCH3 is 1. The number of carbonyl (C=O) groups is 1. The molecule has 24 heavy (non-hydrogen) atoms. The van der Waals surface area contributed by atoms with Gasteiger partial charge in [0.15, 0.2) is 18.1 Å². The molecule has 4 nitrogen and oxygen atoms in total. The zero-order valence-corrected chi connectivity index (χ0v) is 14.4. The molecule has 5 heteroatoms. The summed E-state index contributed by atoms with van der Waals surface area (Å²) in [7, 11) is 3.26. The first-order valence-electron chi connectivity index (χ1n) is 7.71. The van der Waals surface area contributed by atoms with Crippen molar-refractivity contribution in [1.82, 2.24) is 4.90 Å². The zero-order valence-electron chi connectivity index (χ0n) is 14.4. The van der Waals surface area contributed by atoms with Crippen LogP contribution in [0.3, 0.4) is 0 Å². The van der Waals surface area contributed by atoms with Gasteiger partial charge in [0.1, 0.15) is 5.82 Å². The fraction of sp³-hybridized carbons (Fsp3) is 0.316. The Balaban J connectivity index is 2.00. The highest BCUT2D eigenvalue weighted by atomic mass is 19.1. The Kier molecular flexibility index (Phi) is 5.79. The lowest BCUT2D eigenvalue weighted by molar-refractivity contribution is -0.134. The molecule has 0 fully saturated rings. The molecule has 0 saturated heterocycles. The standard InChI is InChI=1S/C19H22FNO3/c1-13-5-10-17(18(11-13)23-4)24-12-19(22)21(3)14(2)15-6-8-16(20)9-7-15/h5-11,14H,12H2,1-4H3. The second kappa shape index (κ2) is 7.81. The van der Waals surface area contributed by atoms with Gasteiger partial charge in [-0.3, -0.25) is 4.79 Å². The second-order valence-corrected chi connectivity index (χ2v) is 5.68. The number of halogens is 1. The van der Waals surface area contributed by atoms with Crippen molar-refractivity contribution in [3.63, 3.8) is 0 Å². The van der Waals surface area contributed by atoms with Gasteiger partial charge in [-0.15, -0.1) is 0 Å². The lowest BCUT2D eigenvalue weighted by Gasteiger charge is -2.25. The molecule has 0 saturated carbocycles. The van der Waals surface area contributed by atoms with Crippen LogP contribution < -0.4 is 9.47 Å². The quantitative estimate of drug-likeness (QED) is 0.809. The van der Waals surface area contributed by atoms with Gasteiger partial charge in [0.25, 0.3) is 5.91 Å². The van der Waals surface area contributed by atoms with E-state index in [4.69, 9.17) is 9.47 Å². The van der Waals surface area contributed by atoms with E-state index in [0.717, 1.165) is 11.1 Å². The highest BCUT2D eigenvalue weighted by molar-refractivity contribution is 5.78. The molecule has 0 aliphatic rings. The van der Waals surface area contributed by atoms with E-state index in [1.165, 1.54) is 12.1 Å². The zero-order chi connectivity index (χ0) is 17.7. The van der Waals surface area contributed by atoms with E-state index >= 15 is 0 Å². The highest BCUT2D eigenvalue weighted by Gasteiger charge is 2.18. The van der Waals surface area contributed by atoms with Crippen LogP contribution in [0.25, 0.3) is 0 Å². The molecule has 0 heterocycles. The van der Waals surface area contributed by atoms with Crippen molar-refractivity contribution < 1.29 is 18.7 Å². The first-order chi connectivity index (χ1) is 11.4. The predicted molar refractivity (Wildman–Crippen MR) is 90.8 cm³/mol. The molecule has 0 radical (unpaired) electrons. The lowest BCUT2D eigenvalue weighted by Crippen LogP contribution is -2.33. The molecule has 2 rings (SSSR count). The molecule has 128 valence electrons. The second-order valence-electron chi connectivity index (χ2n) is 5.68. The molecule has 1 unspecified atom stereocenters. The van der Waals surface area contributed by atoms with E-state index in [0.29, 0.717) is 11.5 Å². The summed E-state index contributed by atoms with van der Waals surface area (Å²) in [6, 6.07) is 11.5. The average molecular weight is 331 g/mol. The summed E-state index contributed by atoms with van der Waals surface area (Å²) in [6.07, 6.45) is 0. The van der Waals surface area contributed by atoms with E-state index in [1.807, 2.05) is 26.0 Å². The molecule has 0 spiro atoms. The van der Waals surface area contributed by atoms with E-state index in [2.05, 4.69) is 0 Å². The monoisotopic (exact) mass is 331 g/mol. The number of hydrogen-bond acceptors (Lipinski definition) is 3. The number of aryl methyl sites for hydroxylation is 1. The summed E-state index contributed by atoms with van der Waals surface area (Å²) >= 11 is 0. The minimum absolute atomic E-state index is 0.0958. The van der Waals surface area contributed by atoms with Gasteiger partial charge < -0.3 is 14.4 Å². The summed E-state index contributed by atoms with van der Waals surface area (Å²) in [5.41, 5.74) is 1.91. The number of ether oxygens (including phenoxy) is 2. The Hall–Kier alpha value is -2.56. The van der Waals surface area contributed by atoms with Crippen LogP contribution in [0.15, 0.2) is 42.5 Å². The van der Waals surface area contributed by atoms with Gasteiger partial charge in [0.05, 0.1) is 13.2 Å². The van der Waals surface area contributed by atoms with E-state index in [1.54, 1.807) is 37.3 Å². The van der Waals surface area contributed by atoms with Crippen molar-refractivity contribution in [2.45, 2.75) is 19.9 Å². The molecular weight excluding hydrogens is 309 g/mol.